The second kappa shape index (κ2) is 8.39. The average Bonchev–Trinajstić information content (AvgIpc) is 3.23. The molecule has 32 heavy (non-hydrogen) atoms. The number of aromatic nitrogens is 3. The van der Waals surface area contributed by atoms with Crippen LogP contribution in [0.1, 0.15) is 12.8 Å². The average molecular weight is 469 g/mol. The van der Waals surface area contributed by atoms with Crippen LogP contribution in [0.2, 0.25) is 0 Å². The lowest BCUT2D eigenvalue weighted by molar-refractivity contribution is -0.274. The molecule has 170 valence electrons. The Labute approximate surface area is 180 Å². The van der Waals surface area contributed by atoms with E-state index < -0.39 is 28.1 Å². The first-order valence-corrected chi connectivity index (χ1v) is 11.0. The zero-order valence-corrected chi connectivity index (χ0v) is 17.3. The van der Waals surface area contributed by atoms with Gasteiger partial charge in [0.1, 0.15) is 11.6 Å². The molecular formula is C19H18F3N5O4S. The van der Waals surface area contributed by atoms with Gasteiger partial charge in [-0.25, -0.2) is 13.4 Å². The van der Waals surface area contributed by atoms with E-state index in [0.29, 0.717) is 11.5 Å². The summed E-state index contributed by atoms with van der Waals surface area (Å²) in [5.41, 5.74) is 0.570. The molecule has 0 radical (unpaired) electrons. The number of piperidine rings is 1. The van der Waals surface area contributed by atoms with Gasteiger partial charge in [0.05, 0.1) is 11.1 Å². The van der Waals surface area contributed by atoms with Gasteiger partial charge in [0.2, 0.25) is 15.9 Å². The van der Waals surface area contributed by atoms with Crippen molar-refractivity contribution >= 4 is 27.4 Å². The second-order valence-corrected chi connectivity index (χ2v) is 9.06. The fourth-order valence-corrected chi connectivity index (χ4v) is 5.00. The minimum Gasteiger partial charge on any atom is -0.406 e. The maximum Gasteiger partial charge on any atom is 0.573 e. The number of halogens is 3. The van der Waals surface area contributed by atoms with Gasteiger partial charge in [-0.3, -0.25) is 4.79 Å². The summed E-state index contributed by atoms with van der Waals surface area (Å²) in [6, 6.07) is 7.54. The summed E-state index contributed by atoms with van der Waals surface area (Å²) in [4.78, 5) is 16.5. The largest absolute Gasteiger partial charge is 0.573 e. The van der Waals surface area contributed by atoms with Crippen molar-refractivity contribution in [3.05, 3.63) is 48.8 Å². The molecule has 1 aliphatic rings. The molecule has 0 saturated carbocycles. The number of hydrogen-bond acceptors (Lipinski definition) is 6. The highest BCUT2D eigenvalue weighted by atomic mass is 32.2. The lowest BCUT2D eigenvalue weighted by Gasteiger charge is -2.30. The number of ether oxygens (including phenoxy) is 1. The smallest absolute Gasteiger partial charge is 0.406 e. The first-order chi connectivity index (χ1) is 15.1. The number of nitrogens with zero attached hydrogens (tertiary/aromatic N) is 4. The molecule has 1 aromatic carbocycles. The minimum absolute atomic E-state index is 0.0539. The van der Waals surface area contributed by atoms with Crippen LogP contribution >= 0.6 is 0 Å². The summed E-state index contributed by atoms with van der Waals surface area (Å²) in [5, 5.41) is 6.88. The number of sulfonamides is 1. The molecule has 0 spiro atoms. The van der Waals surface area contributed by atoms with E-state index in [1.165, 1.54) is 16.6 Å². The molecule has 0 bridgehead atoms. The van der Waals surface area contributed by atoms with Crippen LogP contribution in [-0.2, 0) is 14.8 Å². The SMILES string of the molecule is O=C(Nc1ccnc2ccnn12)C1CCN(S(=O)(=O)c2cccc(OC(F)(F)F)c2)CC1. The fraction of sp³-hybridized carbons (Fsp3) is 0.316. The normalized spacial score (nSPS) is 16.2. The van der Waals surface area contributed by atoms with Gasteiger partial charge < -0.3 is 10.1 Å². The van der Waals surface area contributed by atoms with Gasteiger partial charge in [-0.15, -0.1) is 13.2 Å². The Hall–Kier alpha value is -3.19. The number of carbonyl (C=O) groups excluding carboxylic acids is 1. The van der Waals surface area contributed by atoms with Crippen molar-refractivity contribution in [1.29, 1.82) is 0 Å². The molecule has 9 nitrogen and oxygen atoms in total. The molecule has 13 heteroatoms. The van der Waals surface area contributed by atoms with Crippen molar-refractivity contribution in [2.45, 2.75) is 24.1 Å². The Bertz CT molecular complexity index is 1240. The predicted octanol–water partition coefficient (Wildman–Crippen LogP) is 2.67. The number of hydrogen-bond donors (Lipinski definition) is 1. The summed E-state index contributed by atoms with van der Waals surface area (Å²) in [6.45, 7) is 0.108. The van der Waals surface area contributed by atoms with Crippen molar-refractivity contribution in [1.82, 2.24) is 18.9 Å². The highest BCUT2D eigenvalue weighted by Crippen LogP contribution is 2.29. The molecule has 3 aromatic rings. The van der Waals surface area contributed by atoms with Crippen molar-refractivity contribution in [3.63, 3.8) is 0 Å². The molecule has 0 unspecified atom stereocenters. The highest BCUT2D eigenvalue weighted by Gasteiger charge is 2.34. The fourth-order valence-electron chi connectivity index (χ4n) is 3.50. The molecule has 1 N–H and O–H groups in total. The van der Waals surface area contributed by atoms with E-state index in [0.717, 1.165) is 16.4 Å². The molecule has 2 aromatic heterocycles. The maximum absolute atomic E-state index is 12.9. The molecule has 1 saturated heterocycles. The molecule has 1 aliphatic heterocycles. The predicted molar refractivity (Wildman–Crippen MR) is 106 cm³/mol. The van der Waals surface area contributed by atoms with Gasteiger partial charge in [-0.2, -0.15) is 13.9 Å². The Kier molecular flexibility index (Phi) is 5.77. The van der Waals surface area contributed by atoms with Gasteiger partial charge in [0.15, 0.2) is 5.65 Å². The van der Waals surface area contributed by atoms with E-state index >= 15 is 0 Å². The molecule has 0 atom stereocenters. The quantitative estimate of drug-likeness (QED) is 0.616. The third-order valence-electron chi connectivity index (χ3n) is 5.04. The number of fused-ring (bicyclic) bond motifs is 1. The van der Waals surface area contributed by atoms with Crippen LogP contribution in [0.5, 0.6) is 5.75 Å². The number of nitrogens with one attached hydrogen (secondary N) is 1. The summed E-state index contributed by atoms with van der Waals surface area (Å²) in [7, 11) is -4.04. The van der Waals surface area contributed by atoms with Gasteiger partial charge in [-0.05, 0) is 31.0 Å². The number of alkyl halides is 3. The van der Waals surface area contributed by atoms with E-state index in [1.807, 2.05) is 0 Å². The Morgan fingerprint density at radius 3 is 2.59 bits per heavy atom. The van der Waals surface area contributed by atoms with Gasteiger partial charge in [0.25, 0.3) is 0 Å². The van der Waals surface area contributed by atoms with E-state index in [9.17, 15) is 26.4 Å². The number of amides is 1. The monoisotopic (exact) mass is 469 g/mol. The minimum atomic E-state index is -4.93. The van der Waals surface area contributed by atoms with Crippen LogP contribution in [-0.4, -0.2) is 52.7 Å². The Morgan fingerprint density at radius 1 is 1.12 bits per heavy atom. The lowest BCUT2D eigenvalue weighted by atomic mass is 9.97. The van der Waals surface area contributed by atoms with Gasteiger partial charge in [0, 0.05) is 37.3 Å². The van der Waals surface area contributed by atoms with E-state index in [2.05, 4.69) is 20.1 Å². The van der Waals surface area contributed by atoms with Crippen LogP contribution in [0.3, 0.4) is 0 Å². The number of benzene rings is 1. The molecule has 3 heterocycles. The van der Waals surface area contributed by atoms with Crippen molar-refractivity contribution in [2.75, 3.05) is 18.4 Å². The van der Waals surface area contributed by atoms with Crippen LogP contribution in [0.4, 0.5) is 19.0 Å². The molecular weight excluding hydrogens is 451 g/mol. The third kappa shape index (κ3) is 4.67. The summed E-state index contributed by atoms with van der Waals surface area (Å²) >= 11 is 0. The first-order valence-electron chi connectivity index (χ1n) is 9.59. The number of anilines is 1. The standard InChI is InChI=1S/C19H18F3N5O4S/c20-19(21,22)31-14-2-1-3-15(12-14)32(29,30)26-10-6-13(7-11-26)18(28)25-17-4-8-23-16-5-9-24-27(16)17/h1-5,8-9,12-13H,6-7,10-11H2,(H,25,28). The summed E-state index contributed by atoms with van der Waals surface area (Å²) in [6.07, 6.45) is -1.31. The molecule has 4 rings (SSSR count). The molecule has 1 fully saturated rings. The van der Waals surface area contributed by atoms with Crippen LogP contribution in [0, 0.1) is 5.92 Å². The van der Waals surface area contributed by atoms with Gasteiger partial charge >= 0.3 is 6.36 Å². The lowest BCUT2D eigenvalue weighted by Crippen LogP contribution is -2.41. The summed E-state index contributed by atoms with van der Waals surface area (Å²) in [5.74, 6) is -0.873. The van der Waals surface area contributed by atoms with Crippen molar-refractivity contribution in [2.24, 2.45) is 5.92 Å². The van der Waals surface area contributed by atoms with Crippen molar-refractivity contribution < 1.29 is 31.1 Å². The molecule has 1 amide bonds. The maximum atomic E-state index is 12.9. The topological polar surface area (TPSA) is 106 Å². The number of rotatable bonds is 5. The Balaban J connectivity index is 1.41. The van der Waals surface area contributed by atoms with Crippen LogP contribution in [0.25, 0.3) is 5.65 Å². The van der Waals surface area contributed by atoms with E-state index in [-0.39, 0.29) is 36.7 Å². The zero-order valence-electron chi connectivity index (χ0n) is 16.5. The van der Waals surface area contributed by atoms with E-state index in [1.54, 1.807) is 24.5 Å². The third-order valence-corrected chi connectivity index (χ3v) is 6.94. The number of carbonyl (C=O) groups is 1. The van der Waals surface area contributed by atoms with E-state index in [4.69, 9.17) is 0 Å². The van der Waals surface area contributed by atoms with Crippen molar-refractivity contribution in [3.8, 4) is 5.75 Å². The van der Waals surface area contributed by atoms with Gasteiger partial charge in [-0.1, -0.05) is 6.07 Å². The summed E-state index contributed by atoms with van der Waals surface area (Å²) < 4.78 is 69.5. The second-order valence-electron chi connectivity index (χ2n) is 7.12. The first kappa shape index (κ1) is 22.0. The van der Waals surface area contributed by atoms with Crippen LogP contribution in [0.15, 0.2) is 53.7 Å². The van der Waals surface area contributed by atoms with Crippen LogP contribution < -0.4 is 10.1 Å². The zero-order chi connectivity index (χ0) is 22.9. The molecule has 0 aliphatic carbocycles. The Morgan fingerprint density at radius 2 is 1.88 bits per heavy atom. The highest BCUT2D eigenvalue weighted by molar-refractivity contribution is 7.89.